The first kappa shape index (κ1) is 13.9. The van der Waals surface area contributed by atoms with Crippen LogP contribution in [0.1, 0.15) is 17.2 Å². The number of aliphatic hydroxyl groups is 1. The van der Waals surface area contributed by atoms with Gasteiger partial charge in [-0.2, -0.15) is 0 Å². The Morgan fingerprint density at radius 3 is 2.75 bits per heavy atom. The molecular weight excluding hydrogens is 264 g/mol. The molecule has 0 bridgehead atoms. The SMILES string of the molecule is Cc1nnc(COc2ccc(CO)cc2[N+](=O)[O-])n1C. The van der Waals surface area contributed by atoms with E-state index in [9.17, 15) is 10.1 Å². The molecule has 0 aliphatic carbocycles. The number of hydrogen-bond acceptors (Lipinski definition) is 6. The molecule has 2 aromatic rings. The second kappa shape index (κ2) is 5.66. The summed E-state index contributed by atoms with van der Waals surface area (Å²) in [5, 5.41) is 27.8. The number of nitro groups is 1. The molecule has 0 aliphatic rings. The molecule has 106 valence electrons. The standard InChI is InChI=1S/C12H14N4O4/c1-8-13-14-12(15(8)2)7-20-11-4-3-9(6-17)5-10(11)16(18)19/h3-5,17H,6-7H2,1-2H3. The number of benzene rings is 1. The summed E-state index contributed by atoms with van der Waals surface area (Å²) in [5.41, 5.74) is 0.272. The van der Waals surface area contributed by atoms with Crippen molar-refractivity contribution in [1.82, 2.24) is 14.8 Å². The Labute approximate surface area is 114 Å². The second-order valence-corrected chi connectivity index (χ2v) is 4.23. The topological polar surface area (TPSA) is 103 Å². The van der Waals surface area contributed by atoms with Crippen LogP contribution in [0.5, 0.6) is 5.75 Å². The van der Waals surface area contributed by atoms with E-state index in [1.807, 2.05) is 0 Å². The summed E-state index contributed by atoms with van der Waals surface area (Å²) >= 11 is 0. The summed E-state index contributed by atoms with van der Waals surface area (Å²) in [7, 11) is 1.79. The maximum absolute atomic E-state index is 11.0. The summed E-state index contributed by atoms with van der Waals surface area (Å²) < 4.78 is 7.18. The second-order valence-electron chi connectivity index (χ2n) is 4.23. The van der Waals surface area contributed by atoms with Crippen LogP contribution in [-0.4, -0.2) is 24.8 Å². The molecular formula is C12H14N4O4. The van der Waals surface area contributed by atoms with Gasteiger partial charge in [-0.25, -0.2) is 0 Å². The summed E-state index contributed by atoms with van der Waals surface area (Å²) in [5.74, 6) is 1.43. The zero-order chi connectivity index (χ0) is 14.7. The highest BCUT2D eigenvalue weighted by atomic mass is 16.6. The van der Waals surface area contributed by atoms with E-state index in [4.69, 9.17) is 9.84 Å². The predicted octanol–water partition coefficient (Wildman–Crippen LogP) is 1.10. The van der Waals surface area contributed by atoms with Gasteiger partial charge in [0.05, 0.1) is 11.5 Å². The van der Waals surface area contributed by atoms with Crippen LogP contribution < -0.4 is 4.74 Å². The van der Waals surface area contributed by atoms with Gasteiger partial charge in [0.1, 0.15) is 12.4 Å². The molecule has 0 saturated carbocycles. The minimum Gasteiger partial charge on any atom is -0.479 e. The third kappa shape index (κ3) is 2.75. The molecule has 1 aromatic heterocycles. The summed E-state index contributed by atoms with van der Waals surface area (Å²) in [4.78, 5) is 10.4. The maximum Gasteiger partial charge on any atom is 0.311 e. The van der Waals surface area contributed by atoms with E-state index < -0.39 is 4.92 Å². The average Bonchev–Trinajstić information content (AvgIpc) is 2.76. The van der Waals surface area contributed by atoms with Crippen molar-refractivity contribution < 1.29 is 14.8 Å². The van der Waals surface area contributed by atoms with Gasteiger partial charge >= 0.3 is 5.69 Å². The lowest BCUT2D eigenvalue weighted by atomic mass is 10.2. The van der Waals surface area contributed by atoms with Crippen LogP contribution in [-0.2, 0) is 20.3 Å². The van der Waals surface area contributed by atoms with Gasteiger partial charge in [-0.05, 0) is 18.6 Å². The zero-order valence-corrected chi connectivity index (χ0v) is 11.1. The van der Waals surface area contributed by atoms with Crippen molar-refractivity contribution >= 4 is 5.69 Å². The van der Waals surface area contributed by atoms with Gasteiger partial charge in [0.25, 0.3) is 0 Å². The Balaban J connectivity index is 2.21. The van der Waals surface area contributed by atoms with E-state index in [0.29, 0.717) is 11.4 Å². The van der Waals surface area contributed by atoms with Crippen molar-refractivity contribution in [2.45, 2.75) is 20.1 Å². The summed E-state index contributed by atoms with van der Waals surface area (Å²) in [6, 6.07) is 4.33. The molecule has 0 fully saturated rings. The lowest BCUT2D eigenvalue weighted by molar-refractivity contribution is -0.386. The highest BCUT2D eigenvalue weighted by Crippen LogP contribution is 2.28. The van der Waals surface area contributed by atoms with Crippen molar-refractivity contribution in [3.8, 4) is 5.75 Å². The highest BCUT2D eigenvalue weighted by Gasteiger charge is 2.17. The van der Waals surface area contributed by atoms with Crippen molar-refractivity contribution in [3.05, 3.63) is 45.5 Å². The maximum atomic E-state index is 11.0. The van der Waals surface area contributed by atoms with Gasteiger partial charge < -0.3 is 14.4 Å². The Kier molecular flexibility index (Phi) is 3.94. The van der Waals surface area contributed by atoms with Crippen molar-refractivity contribution in [1.29, 1.82) is 0 Å². The molecule has 2 rings (SSSR count). The predicted molar refractivity (Wildman–Crippen MR) is 69.1 cm³/mol. The third-order valence-corrected chi connectivity index (χ3v) is 2.94. The van der Waals surface area contributed by atoms with Gasteiger partial charge in [0, 0.05) is 13.1 Å². The monoisotopic (exact) mass is 278 g/mol. The van der Waals surface area contributed by atoms with E-state index in [1.165, 1.54) is 12.1 Å². The van der Waals surface area contributed by atoms with Crippen LogP contribution in [0.15, 0.2) is 18.2 Å². The fourth-order valence-electron chi connectivity index (χ4n) is 1.65. The molecule has 8 heteroatoms. The Hall–Kier alpha value is -2.48. The number of nitro benzene ring substituents is 1. The summed E-state index contributed by atoms with van der Waals surface area (Å²) in [6.07, 6.45) is 0. The quantitative estimate of drug-likeness (QED) is 0.649. The molecule has 20 heavy (non-hydrogen) atoms. The zero-order valence-electron chi connectivity index (χ0n) is 11.1. The minimum absolute atomic E-state index is 0.0800. The van der Waals surface area contributed by atoms with Crippen LogP contribution in [0.4, 0.5) is 5.69 Å². The number of aliphatic hydroxyl groups excluding tert-OH is 1. The normalized spacial score (nSPS) is 10.6. The van der Waals surface area contributed by atoms with E-state index in [2.05, 4.69) is 10.2 Å². The molecule has 1 N–H and O–H groups in total. The first-order chi connectivity index (χ1) is 9.52. The van der Waals surface area contributed by atoms with Crippen LogP contribution in [0.3, 0.4) is 0 Å². The molecule has 0 amide bonds. The van der Waals surface area contributed by atoms with Gasteiger partial charge in [-0.3, -0.25) is 10.1 Å². The van der Waals surface area contributed by atoms with Gasteiger partial charge in [0.15, 0.2) is 11.6 Å². The average molecular weight is 278 g/mol. The van der Waals surface area contributed by atoms with Gasteiger partial charge in [-0.1, -0.05) is 6.07 Å². The number of ether oxygens (including phenoxy) is 1. The highest BCUT2D eigenvalue weighted by molar-refractivity contribution is 5.48. The molecule has 0 aliphatic heterocycles. The van der Waals surface area contributed by atoms with Crippen LogP contribution >= 0.6 is 0 Å². The molecule has 1 aromatic carbocycles. The fourth-order valence-corrected chi connectivity index (χ4v) is 1.65. The number of rotatable bonds is 5. The van der Waals surface area contributed by atoms with Crippen LogP contribution in [0, 0.1) is 17.0 Å². The van der Waals surface area contributed by atoms with Crippen LogP contribution in [0.2, 0.25) is 0 Å². The Bertz CT molecular complexity index is 638. The van der Waals surface area contributed by atoms with Gasteiger partial charge in [-0.15, -0.1) is 10.2 Å². The van der Waals surface area contributed by atoms with E-state index in [1.54, 1.807) is 24.6 Å². The van der Waals surface area contributed by atoms with E-state index in [-0.39, 0.29) is 24.7 Å². The molecule has 0 spiro atoms. The minimum atomic E-state index is -0.545. The lowest BCUT2D eigenvalue weighted by Crippen LogP contribution is -2.06. The Morgan fingerprint density at radius 1 is 1.45 bits per heavy atom. The lowest BCUT2D eigenvalue weighted by Gasteiger charge is -2.07. The van der Waals surface area contributed by atoms with E-state index in [0.717, 1.165) is 5.82 Å². The van der Waals surface area contributed by atoms with Gasteiger partial charge in [0.2, 0.25) is 0 Å². The molecule has 0 unspecified atom stereocenters. The Morgan fingerprint density at radius 2 is 2.20 bits per heavy atom. The number of hydrogen-bond donors (Lipinski definition) is 1. The van der Waals surface area contributed by atoms with Crippen molar-refractivity contribution in [2.75, 3.05) is 0 Å². The molecule has 1 heterocycles. The van der Waals surface area contributed by atoms with Crippen molar-refractivity contribution in [3.63, 3.8) is 0 Å². The van der Waals surface area contributed by atoms with E-state index >= 15 is 0 Å². The molecule has 0 radical (unpaired) electrons. The third-order valence-electron chi connectivity index (χ3n) is 2.94. The number of aromatic nitrogens is 3. The number of aryl methyl sites for hydroxylation is 1. The number of nitrogens with zero attached hydrogens (tertiary/aromatic N) is 4. The first-order valence-corrected chi connectivity index (χ1v) is 5.88. The smallest absolute Gasteiger partial charge is 0.311 e. The summed E-state index contributed by atoms with van der Waals surface area (Å²) in [6.45, 7) is 1.62. The fraction of sp³-hybridized carbons (Fsp3) is 0.333. The molecule has 0 atom stereocenters. The van der Waals surface area contributed by atoms with Crippen LogP contribution in [0.25, 0.3) is 0 Å². The first-order valence-electron chi connectivity index (χ1n) is 5.88. The molecule has 8 nitrogen and oxygen atoms in total. The largest absolute Gasteiger partial charge is 0.479 e. The van der Waals surface area contributed by atoms with Crippen molar-refractivity contribution in [2.24, 2.45) is 7.05 Å². The molecule has 0 saturated heterocycles.